The first kappa shape index (κ1) is 7.69. The molecule has 0 aliphatic carbocycles. The van der Waals surface area contributed by atoms with Gasteiger partial charge in [0.25, 0.3) is 0 Å². The monoisotopic (exact) mass is 130 g/mol. The summed E-state index contributed by atoms with van der Waals surface area (Å²) < 4.78 is 3.59. The Bertz CT molecular complexity index is 98.6. The van der Waals surface area contributed by atoms with E-state index in [9.17, 15) is 0 Å². The first-order valence-electron chi connectivity index (χ1n) is 2.45. The Morgan fingerprint density at radius 3 is 2.75 bits per heavy atom. The lowest BCUT2D eigenvalue weighted by Crippen LogP contribution is -1.80. The summed E-state index contributed by atoms with van der Waals surface area (Å²) in [6, 6.07) is 0. The highest BCUT2D eigenvalue weighted by Crippen LogP contribution is 2.01. The maximum Gasteiger partial charge on any atom is 0.0872 e. The molecule has 0 aromatic rings. The second-order valence-corrected chi connectivity index (χ2v) is 2.25. The molecule has 0 rings (SSSR count). The fourth-order valence-corrected chi connectivity index (χ4v) is 0.719. The van der Waals surface area contributed by atoms with Gasteiger partial charge in [-0.1, -0.05) is 0 Å². The average Bonchev–Trinajstić information content (AvgIpc) is 1.68. The zero-order chi connectivity index (χ0) is 6.41. The Morgan fingerprint density at radius 1 is 1.75 bits per heavy atom. The number of aliphatic imine (C=N–C) groups is 1. The summed E-state index contributed by atoms with van der Waals surface area (Å²) in [5.74, 6) is 0. The van der Waals surface area contributed by atoms with Crippen LogP contribution < -0.4 is 0 Å². The molecule has 46 valence electrons. The molecule has 3 heteroatoms. The first-order valence-corrected chi connectivity index (χ1v) is 3.22. The molecule has 2 nitrogen and oxygen atoms in total. The normalized spacial score (nSPS) is 11.5. The molecular formula is C5H10N2S. The van der Waals surface area contributed by atoms with E-state index in [1.807, 2.05) is 13.8 Å². The van der Waals surface area contributed by atoms with Gasteiger partial charge in [0.05, 0.1) is 5.04 Å². The van der Waals surface area contributed by atoms with Gasteiger partial charge in [-0.25, -0.2) is 4.40 Å². The van der Waals surface area contributed by atoms with Crippen molar-refractivity contribution in [1.82, 2.24) is 0 Å². The van der Waals surface area contributed by atoms with Gasteiger partial charge in [-0.2, -0.15) is 0 Å². The Hall–Kier alpha value is -0.310. The first-order chi connectivity index (χ1) is 3.81. The maximum atomic E-state index is 4.06. The molecule has 0 heterocycles. The molecule has 8 heavy (non-hydrogen) atoms. The molecule has 0 aliphatic heterocycles. The van der Waals surface area contributed by atoms with Crippen molar-refractivity contribution in [3.8, 4) is 0 Å². The van der Waals surface area contributed by atoms with Crippen molar-refractivity contribution >= 4 is 23.7 Å². The molecule has 0 aromatic heterocycles. The third-order valence-electron chi connectivity index (χ3n) is 0.577. The second-order valence-electron chi connectivity index (χ2n) is 1.21. The molecular weight excluding hydrogens is 120 g/mol. The highest BCUT2D eigenvalue weighted by Gasteiger charge is 1.83. The Morgan fingerprint density at radius 2 is 2.38 bits per heavy atom. The standard InChI is InChI=1S/C5H10N2S/c1-4-7-5(2)8-6-3/h3-4H2,1-2H3. The zero-order valence-electron chi connectivity index (χ0n) is 5.22. The van der Waals surface area contributed by atoms with E-state index < -0.39 is 0 Å². The Balaban J connectivity index is 3.44. The summed E-state index contributed by atoms with van der Waals surface area (Å²) in [4.78, 5) is 4.06. The number of rotatable bonds is 2. The van der Waals surface area contributed by atoms with E-state index in [0.29, 0.717) is 0 Å². The molecule has 0 radical (unpaired) electrons. The van der Waals surface area contributed by atoms with Crippen LogP contribution in [0.5, 0.6) is 0 Å². The van der Waals surface area contributed by atoms with Crippen LogP contribution in [0.15, 0.2) is 9.39 Å². The van der Waals surface area contributed by atoms with Crippen molar-refractivity contribution in [1.29, 1.82) is 0 Å². The zero-order valence-corrected chi connectivity index (χ0v) is 6.03. The summed E-state index contributed by atoms with van der Waals surface area (Å²) in [5, 5.41) is 0.975. The molecule has 0 bridgehead atoms. The third kappa shape index (κ3) is 3.87. The minimum atomic E-state index is 0.828. The van der Waals surface area contributed by atoms with Crippen LogP contribution in [0.4, 0.5) is 0 Å². The molecule has 0 atom stereocenters. The van der Waals surface area contributed by atoms with Gasteiger partial charge < -0.3 is 0 Å². The van der Waals surface area contributed by atoms with Crippen LogP contribution in [-0.2, 0) is 0 Å². The fraction of sp³-hybridized carbons (Fsp3) is 0.600. The van der Waals surface area contributed by atoms with Crippen LogP contribution in [0.25, 0.3) is 0 Å². The summed E-state index contributed by atoms with van der Waals surface area (Å²) >= 11 is 1.32. The topological polar surface area (TPSA) is 24.7 Å². The Labute approximate surface area is 54.2 Å². The number of hydrogen-bond donors (Lipinski definition) is 0. The smallest absolute Gasteiger partial charge is 0.0872 e. The van der Waals surface area contributed by atoms with Gasteiger partial charge >= 0.3 is 0 Å². The molecule has 0 aromatic carbocycles. The lowest BCUT2D eigenvalue weighted by Gasteiger charge is -1.88. The van der Waals surface area contributed by atoms with Crippen molar-refractivity contribution < 1.29 is 0 Å². The predicted octanol–water partition coefficient (Wildman–Crippen LogP) is 1.77. The Kier molecular flexibility index (Phi) is 4.65. The van der Waals surface area contributed by atoms with E-state index in [0.717, 1.165) is 11.6 Å². The van der Waals surface area contributed by atoms with E-state index in [4.69, 9.17) is 0 Å². The van der Waals surface area contributed by atoms with Crippen molar-refractivity contribution in [3.63, 3.8) is 0 Å². The van der Waals surface area contributed by atoms with Crippen LogP contribution >= 0.6 is 11.9 Å². The summed E-state index contributed by atoms with van der Waals surface area (Å²) in [6.45, 7) is 8.06. The summed E-state index contributed by atoms with van der Waals surface area (Å²) in [5.41, 5.74) is 0. The largest absolute Gasteiger partial charge is 0.282 e. The molecule has 0 saturated carbocycles. The van der Waals surface area contributed by atoms with Crippen LogP contribution in [-0.4, -0.2) is 18.3 Å². The lowest BCUT2D eigenvalue weighted by molar-refractivity contribution is 1.13. The quantitative estimate of drug-likeness (QED) is 0.317. The van der Waals surface area contributed by atoms with E-state index in [2.05, 4.69) is 16.1 Å². The van der Waals surface area contributed by atoms with E-state index in [1.54, 1.807) is 0 Å². The molecule has 0 fully saturated rings. The van der Waals surface area contributed by atoms with E-state index >= 15 is 0 Å². The average molecular weight is 130 g/mol. The van der Waals surface area contributed by atoms with E-state index in [1.165, 1.54) is 11.9 Å². The highest BCUT2D eigenvalue weighted by molar-refractivity contribution is 8.12. The van der Waals surface area contributed by atoms with Crippen LogP contribution in [0.1, 0.15) is 13.8 Å². The molecule has 0 amide bonds. The van der Waals surface area contributed by atoms with Crippen LogP contribution in [0, 0.1) is 0 Å². The van der Waals surface area contributed by atoms with Crippen molar-refractivity contribution in [3.05, 3.63) is 0 Å². The number of nitrogens with zero attached hydrogens (tertiary/aromatic N) is 2. The summed E-state index contributed by atoms with van der Waals surface area (Å²) in [6.07, 6.45) is 0. The second kappa shape index (κ2) is 4.84. The van der Waals surface area contributed by atoms with Crippen molar-refractivity contribution in [2.45, 2.75) is 13.8 Å². The third-order valence-corrected chi connectivity index (χ3v) is 1.10. The minimum Gasteiger partial charge on any atom is -0.282 e. The van der Waals surface area contributed by atoms with Crippen LogP contribution in [0.2, 0.25) is 0 Å². The lowest BCUT2D eigenvalue weighted by atomic mass is 10.7. The van der Waals surface area contributed by atoms with Gasteiger partial charge in [0.15, 0.2) is 0 Å². The predicted molar refractivity (Wildman–Crippen MR) is 40.8 cm³/mol. The fourth-order valence-electron chi connectivity index (χ4n) is 0.345. The molecule has 0 spiro atoms. The van der Waals surface area contributed by atoms with Crippen molar-refractivity contribution in [2.75, 3.05) is 6.54 Å². The van der Waals surface area contributed by atoms with E-state index in [-0.39, 0.29) is 0 Å². The molecule has 0 saturated heterocycles. The molecule has 0 N–H and O–H groups in total. The maximum absolute atomic E-state index is 4.06. The molecule has 0 aliphatic rings. The van der Waals surface area contributed by atoms with Crippen LogP contribution in [0.3, 0.4) is 0 Å². The molecule has 0 unspecified atom stereocenters. The van der Waals surface area contributed by atoms with Gasteiger partial charge in [0.2, 0.25) is 0 Å². The SMILES string of the molecule is C=NSC(C)=NCC. The van der Waals surface area contributed by atoms with Gasteiger partial charge in [0.1, 0.15) is 0 Å². The van der Waals surface area contributed by atoms with Gasteiger partial charge in [-0.3, -0.25) is 4.99 Å². The number of hydrogen-bond acceptors (Lipinski definition) is 3. The highest BCUT2D eigenvalue weighted by atomic mass is 32.2. The van der Waals surface area contributed by atoms with Crippen molar-refractivity contribution in [2.24, 2.45) is 9.39 Å². The van der Waals surface area contributed by atoms with Gasteiger partial charge in [-0.15, -0.1) is 0 Å². The minimum absolute atomic E-state index is 0.828. The summed E-state index contributed by atoms with van der Waals surface area (Å²) in [7, 11) is 0. The van der Waals surface area contributed by atoms with Gasteiger partial charge in [-0.05, 0) is 20.6 Å². The van der Waals surface area contributed by atoms with Gasteiger partial charge in [0, 0.05) is 18.5 Å².